The van der Waals surface area contributed by atoms with Crippen molar-refractivity contribution in [3.63, 3.8) is 0 Å². The molecule has 1 saturated heterocycles. The van der Waals surface area contributed by atoms with Crippen LogP contribution in [0.1, 0.15) is 19.3 Å². The van der Waals surface area contributed by atoms with Crippen LogP contribution >= 0.6 is 0 Å². The molecule has 1 saturated carbocycles. The van der Waals surface area contributed by atoms with E-state index < -0.39 is 5.41 Å². The molecule has 1 N–H and O–H groups in total. The van der Waals surface area contributed by atoms with E-state index in [0.29, 0.717) is 52.3 Å². The number of nitrogens with one attached hydrogen (secondary N) is 1. The summed E-state index contributed by atoms with van der Waals surface area (Å²) in [6, 6.07) is 0. The summed E-state index contributed by atoms with van der Waals surface area (Å²) in [6.45, 7) is 3.50. The van der Waals surface area contributed by atoms with Crippen LogP contribution in [-0.4, -0.2) is 63.3 Å². The monoisotopic (exact) mass is 270 g/mol. The van der Waals surface area contributed by atoms with Gasteiger partial charge in [0.1, 0.15) is 5.41 Å². The SMILES string of the molecule is COCCCNC(=O)C1(C(=O)N2CCOCC2)CC1. The van der Waals surface area contributed by atoms with Crippen molar-refractivity contribution in [3.8, 4) is 0 Å². The van der Waals surface area contributed by atoms with Crippen LogP contribution in [0.4, 0.5) is 0 Å². The van der Waals surface area contributed by atoms with Gasteiger partial charge in [-0.25, -0.2) is 0 Å². The molecule has 0 aromatic rings. The van der Waals surface area contributed by atoms with E-state index in [9.17, 15) is 9.59 Å². The van der Waals surface area contributed by atoms with E-state index in [1.807, 2.05) is 0 Å². The minimum atomic E-state index is -0.787. The first-order valence-corrected chi connectivity index (χ1v) is 6.85. The lowest BCUT2D eigenvalue weighted by Crippen LogP contribution is -2.49. The molecule has 2 amide bonds. The third-order valence-corrected chi connectivity index (χ3v) is 3.70. The fourth-order valence-electron chi connectivity index (χ4n) is 2.32. The highest BCUT2D eigenvalue weighted by atomic mass is 16.5. The molecule has 6 heteroatoms. The van der Waals surface area contributed by atoms with Gasteiger partial charge in [-0.05, 0) is 19.3 Å². The van der Waals surface area contributed by atoms with E-state index in [2.05, 4.69) is 5.32 Å². The highest BCUT2D eigenvalue weighted by molar-refractivity contribution is 6.07. The van der Waals surface area contributed by atoms with Gasteiger partial charge in [0.25, 0.3) is 0 Å². The molecule has 0 spiro atoms. The highest BCUT2D eigenvalue weighted by Crippen LogP contribution is 2.47. The van der Waals surface area contributed by atoms with Gasteiger partial charge in [-0.15, -0.1) is 0 Å². The minimum absolute atomic E-state index is 0.0277. The Balaban J connectivity index is 1.83. The summed E-state index contributed by atoms with van der Waals surface area (Å²) in [6.07, 6.45) is 2.10. The number of rotatable bonds is 6. The number of ether oxygens (including phenoxy) is 2. The van der Waals surface area contributed by atoms with Crippen molar-refractivity contribution >= 4 is 11.8 Å². The quantitative estimate of drug-likeness (QED) is 0.535. The lowest BCUT2D eigenvalue weighted by atomic mass is 10.0. The highest BCUT2D eigenvalue weighted by Gasteiger charge is 2.57. The number of amides is 2. The van der Waals surface area contributed by atoms with E-state index in [0.717, 1.165) is 6.42 Å². The molecule has 1 aliphatic carbocycles. The molecule has 1 aliphatic heterocycles. The Morgan fingerprint density at radius 1 is 1.32 bits per heavy atom. The number of hydrogen-bond donors (Lipinski definition) is 1. The van der Waals surface area contributed by atoms with Gasteiger partial charge in [-0.1, -0.05) is 0 Å². The van der Waals surface area contributed by atoms with Crippen LogP contribution < -0.4 is 5.32 Å². The van der Waals surface area contributed by atoms with Crippen LogP contribution in [-0.2, 0) is 19.1 Å². The van der Waals surface area contributed by atoms with Crippen molar-refractivity contribution in [2.75, 3.05) is 46.6 Å². The molecule has 0 bridgehead atoms. The van der Waals surface area contributed by atoms with Gasteiger partial charge in [-0.3, -0.25) is 9.59 Å². The van der Waals surface area contributed by atoms with E-state index in [1.54, 1.807) is 12.0 Å². The number of nitrogens with zero attached hydrogens (tertiary/aromatic N) is 1. The van der Waals surface area contributed by atoms with Crippen molar-refractivity contribution in [2.45, 2.75) is 19.3 Å². The molecule has 0 unspecified atom stereocenters. The average Bonchev–Trinajstić information content (AvgIpc) is 3.25. The van der Waals surface area contributed by atoms with Crippen LogP contribution in [0.25, 0.3) is 0 Å². The Morgan fingerprint density at radius 2 is 2.00 bits per heavy atom. The van der Waals surface area contributed by atoms with Crippen molar-refractivity contribution in [3.05, 3.63) is 0 Å². The maximum absolute atomic E-state index is 12.4. The summed E-state index contributed by atoms with van der Waals surface area (Å²) >= 11 is 0. The fraction of sp³-hybridized carbons (Fsp3) is 0.846. The van der Waals surface area contributed by atoms with Crippen LogP contribution in [0.5, 0.6) is 0 Å². The van der Waals surface area contributed by atoms with Gasteiger partial charge in [-0.2, -0.15) is 0 Å². The van der Waals surface area contributed by atoms with Crippen LogP contribution in [0, 0.1) is 5.41 Å². The predicted molar refractivity (Wildman–Crippen MR) is 68.6 cm³/mol. The molecule has 0 aromatic heterocycles. The smallest absolute Gasteiger partial charge is 0.238 e. The summed E-state index contributed by atoms with van der Waals surface area (Å²) in [5.41, 5.74) is -0.787. The van der Waals surface area contributed by atoms with Gasteiger partial charge in [0, 0.05) is 33.4 Å². The Kier molecular flexibility index (Phi) is 4.76. The number of carbonyl (C=O) groups excluding carboxylic acids is 2. The summed E-state index contributed by atoms with van der Waals surface area (Å²) in [7, 11) is 1.63. The second-order valence-electron chi connectivity index (χ2n) is 5.09. The standard InChI is InChI=1S/C13H22N2O4/c1-18-8-2-5-14-11(16)13(3-4-13)12(17)15-6-9-19-10-7-15/h2-10H2,1H3,(H,14,16). The molecule has 2 rings (SSSR count). The Bertz CT molecular complexity index is 336. The second kappa shape index (κ2) is 6.34. The summed E-state index contributed by atoms with van der Waals surface area (Å²) in [5, 5.41) is 2.84. The van der Waals surface area contributed by atoms with Gasteiger partial charge < -0.3 is 19.7 Å². The maximum atomic E-state index is 12.4. The van der Waals surface area contributed by atoms with E-state index in [1.165, 1.54) is 0 Å². The van der Waals surface area contributed by atoms with E-state index >= 15 is 0 Å². The lowest BCUT2D eigenvalue weighted by Gasteiger charge is -2.30. The normalized spacial score (nSPS) is 21.0. The zero-order valence-corrected chi connectivity index (χ0v) is 11.4. The van der Waals surface area contributed by atoms with Gasteiger partial charge in [0.2, 0.25) is 11.8 Å². The second-order valence-corrected chi connectivity index (χ2v) is 5.09. The molecule has 19 heavy (non-hydrogen) atoms. The van der Waals surface area contributed by atoms with Crippen molar-refractivity contribution in [1.29, 1.82) is 0 Å². The average molecular weight is 270 g/mol. The zero-order valence-electron chi connectivity index (χ0n) is 11.4. The molecule has 0 radical (unpaired) electrons. The molecule has 2 aliphatic rings. The Labute approximate surface area is 113 Å². The predicted octanol–water partition coefficient (Wildman–Crippen LogP) is -0.222. The fourth-order valence-corrected chi connectivity index (χ4v) is 2.32. The van der Waals surface area contributed by atoms with Crippen LogP contribution in [0.3, 0.4) is 0 Å². The third kappa shape index (κ3) is 3.25. The van der Waals surface area contributed by atoms with Gasteiger partial charge in [0.15, 0.2) is 0 Å². The summed E-state index contributed by atoms with van der Waals surface area (Å²) in [5.74, 6) is -0.153. The Hall–Kier alpha value is -1.14. The first-order valence-electron chi connectivity index (χ1n) is 6.85. The van der Waals surface area contributed by atoms with E-state index in [-0.39, 0.29) is 11.8 Å². The van der Waals surface area contributed by atoms with Crippen LogP contribution in [0.2, 0.25) is 0 Å². The van der Waals surface area contributed by atoms with Gasteiger partial charge in [0.05, 0.1) is 13.2 Å². The number of methoxy groups -OCH3 is 1. The first-order chi connectivity index (χ1) is 9.20. The third-order valence-electron chi connectivity index (χ3n) is 3.70. The molecular weight excluding hydrogens is 248 g/mol. The number of morpholine rings is 1. The topological polar surface area (TPSA) is 67.9 Å². The molecule has 6 nitrogen and oxygen atoms in total. The zero-order chi connectivity index (χ0) is 13.7. The summed E-state index contributed by atoms with van der Waals surface area (Å²) in [4.78, 5) is 26.3. The Morgan fingerprint density at radius 3 is 2.58 bits per heavy atom. The first kappa shape index (κ1) is 14.3. The molecular formula is C13H22N2O4. The molecule has 0 aromatic carbocycles. The largest absolute Gasteiger partial charge is 0.385 e. The lowest BCUT2D eigenvalue weighted by molar-refractivity contribution is -0.147. The molecule has 1 heterocycles. The van der Waals surface area contributed by atoms with Crippen molar-refractivity contribution < 1.29 is 19.1 Å². The molecule has 0 atom stereocenters. The maximum Gasteiger partial charge on any atom is 0.238 e. The van der Waals surface area contributed by atoms with Crippen LogP contribution in [0.15, 0.2) is 0 Å². The number of carbonyl (C=O) groups is 2. The molecule has 108 valence electrons. The summed E-state index contributed by atoms with van der Waals surface area (Å²) < 4.78 is 10.2. The van der Waals surface area contributed by atoms with Gasteiger partial charge >= 0.3 is 0 Å². The number of hydrogen-bond acceptors (Lipinski definition) is 4. The minimum Gasteiger partial charge on any atom is -0.385 e. The van der Waals surface area contributed by atoms with Crippen molar-refractivity contribution in [1.82, 2.24) is 10.2 Å². The van der Waals surface area contributed by atoms with E-state index in [4.69, 9.17) is 9.47 Å². The van der Waals surface area contributed by atoms with Crippen molar-refractivity contribution in [2.24, 2.45) is 5.41 Å². The molecule has 2 fully saturated rings.